The Kier molecular flexibility index (Phi) is 1.56. The average Bonchev–Trinajstić information content (AvgIpc) is 2.77. The highest BCUT2D eigenvalue weighted by Gasteiger charge is 2.38. The molecule has 0 radical (unpaired) electrons. The molecule has 1 aliphatic carbocycles. The number of nitrogens with one attached hydrogen (secondary N) is 1. The van der Waals surface area contributed by atoms with Crippen LogP contribution in [-0.2, 0) is 4.79 Å². The van der Waals surface area contributed by atoms with Gasteiger partial charge in [-0.05, 0) is 25.7 Å². The second-order valence-electron chi connectivity index (χ2n) is 3.56. The van der Waals surface area contributed by atoms with Crippen LogP contribution in [0.25, 0.3) is 0 Å². The van der Waals surface area contributed by atoms with E-state index in [-0.39, 0.29) is 24.5 Å². The predicted molar refractivity (Wildman–Crippen MR) is 42.4 cm³/mol. The van der Waals surface area contributed by atoms with Crippen LogP contribution in [0.5, 0.6) is 0 Å². The lowest BCUT2D eigenvalue weighted by atomic mass is 10.2. The Morgan fingerprint density at radius 1 is 1.50 bits per heavy atom. The highest BCUT2D eigenvalue weighted by Crippen LogP contribution is 2.35. The maximum atomic E-state index is 11.2. The Hall–Kier alpha value is -1.06. The fourth-order valence-corrected chi connectivity index (χ4v) is 1.62. The third-order valence-electron chi connectivity index (χ3n) is 2.62. The lowest BCUT2D eigenvalue weighted by Crippen LogP contribution is -2.37. The van der Waals surface area contributed by atoms with Gasteiger partial charge in [0, 0.05) is 6.04 Å². The Morgan fingerprint density at radius 2 is 2.17 bits per heavy atom. The number of carbonyl (C=O) groups is 2. The van der Waals surface area contributed by atoms with Gasteiger partial charge in [-0.3, -0.25) is 10.1 Å². The van der Waals surface area contributed by atoms with Crippen LogP contribution in [0.15, 0.2) is 0 Å². The zero-order valence-corrected chi connectivity index (χ0v) is 7.04. The van der Waals surface area contributed by atoms with Crippen molar-refractivity contribution >= 4 is 11.9 Å². The Bertz CT molecular complexity index is 235. The van der Waals surface area contributed by atoms with Gasteiger partial charge in [0.15, 0.2) is 0 Å². The van der Waals surface area contributed by atoms with E-state index < -0.39 is 0 Å². The molecule has 66 valence electrons. The van der Waals surface area contributed by atoms with Gasteiger partial charge in [0.05, 0.1) is 0 Å². The maximum Gasteiger partial charge on any atom is 0.324 e. The van der Waals surface area contributed by atoms with Gasteiger partial charge in [0.1, 0.15) is 6.54 Å². The second-order valence-corrected chi connectivity index (χ2v) is 3.56. The molecule has 0 aromatic carbocycles. The first kappa shape index (κ1) is 7.58. The summed E-state index contributed by atoms with van der Waals surface area (Å²) in [6, 6.07) is 0.0100. The summed E-state index contributed by atoms with van der Waals surface area (Å²) in [7, 11) is 0. The molecular formula is C8H12N2O2. The van der Waals surface area contributed by atoms with Crippen LogP contribution in [0, 0.1) is 5.92 Å². The van der Waals surface area contributed by atoms with Crippen molar-refractivity contribution in [1.29, 1.82) is 0 Å². The van der Waals surface area contributed by atoms with Crippen LogP contribution >= 0.6 is 0 Å². The summed E-state index contributed by atoms with van der Waals surface area (Å²) in [5, 5.41) is 2.28. The molecule has 4 heteroatoms. The number of rotatable bonds is 2. The van der Waals surface area contributed by atoms with Crippen LogP contribution in [0.1, 0.15) is 19.8 Å². The largest absolute Gasteiger partial charge is 0.324 e. The van der Waals surface area contributed by atoms with E-state index >= 15 is 0 Å². The van der Waals surface area contributed by atoms with Gasteiger partial charge < -0.3 is 4.90 Å². The predicted octanol–water partition coefficient (Wildman–Crippen LogP) is 0.337. The molecule has 1 heterocycles. The lowest BCUT2D eigenvalue weighted by molar-refractivity contribution is -0.118. The van der Waals surface area contributed by atoms with E-state index in [4.69, 9.17) is 0 Å². The first-order valence-corrected chi connectivity index (χ1v) is 4.29. The van der Waals surface area contributed by atoms with Gasteiger partial charge in [-0.15, -0.1) is 0 Å². The van der Waals surface area contributed by atoms with Crippen LogP contribution in [-0.4, -0.2) is 29.4 Å². The van der Waals surface area contributed by atoms with E-state index in [1.54, 1.807) is 4.90 Å². The van der Waals surface area contributed by atoms with Crippen molar-refractivity contribution in [3.8, 4) is 0 Å². The van der Waals surface area contributed by atoms with Gasteiger partial charge in [0.2, 0.25) is 5.91 Å². The molecule has 1 saturated heterocycles. The summed E-state index contributed by atoms with van der Waals surface area (Å²) in [4.78, 5) is 23.6. The van der Waals surface area contributed by atoms with Crippen LogP contribution in [0.3, 0.4) is 0 Å². The second kappa shape index (κ2) is 2.47. The number of urea groups is 1. The molecule has 3 amide bonds. The highest BCUT2D eigenvalue weighted by atomic mass is 16.2. The van der Waals surface area contributed by atoms with Gasteiger partial charge in [-0.1, -0.05) is 0 Å². The molecule has 4 nitrogen and oxygen atoms in total. The lowest BCUT2D eigenvalue weighted by Gasteiger charge is -2.21. The minimum absolute atomic E-state index is 0.174. The number of nitrogens with zero attached hydrogens (tertiary/aromatic N) is 1. The molecule has 1 unspecified atom stereocenters. The summed E-state index contributed by atoms with van der Waals surface area (Å²) < 4.78 is 0. The summed E-state index contributed by atoms with van der Waals surface area (Å²) in [6.45, 7) is 2.26. The van der Waals surface area contributed by atoms with E-state index in [1.807, 2.05) is 6.92 Å². The molecule has 1 N–H and O–H groups in total. The minimum atomic E-state index is -0.223. The normalized spacial score (nSPS) is 25.9. The van der Waals surface area contributed by atoms with Crippen LogP contribution in [0.2, 0.25) is 0 Å². The number of hydrogen-bond donors (Lipinski definition) is 1. The molecule has 0 spiro atoms. The van der Waals surface area contributed by atoms with E-state index in [9.17, 15) is 9.59 Å². The van der Waals surface area contributed by atoms with E-state index in [0.29, 0.717) is 5.92 Å². The summed E-state index contributed by atoms with van der Waals surface area (Å²) in [5.41, 5.74) is 0. The molecule has 0 bridgehead atoms. The fourth-order valence-electron chi connectivity index (χ4n) is 1.62. The Balaban J connectivity index is 2.02. The third kappa shape index (κ3) is 1.17. The van der Waals surface area contributed by atoms with E-state index in [2.05, 4.69) is 5.32 Å². The molecule has 2 fully saturated rings. The maximum absolute atomic E-state index is 11.2. The molecule has 2 aliphatic rings. The fraction of sp³-hybridized carbons (Fsp3) is 0.750. The van der Waals surface area contributed by atoms with E-state index in [0.717, 1.165) is 0 Å². The van der Waals surface area contributed by atoms with Crippen molar-refractivity contribution in [2.75, 3.05) is 6.54 Å². The molecule has 1 aliphatic heterocycles. The number of hydrogen-bond acceptors (Lipinski definition) is 2. The van der Waals surface area contributed by atoms with Crippen molar-refractivity contribution in [3.05, 3.63) is 0 Å². The SMILES string of the molecule is CC(C1CC1)N1CC(=O)NC1=O. The van der Waals surface area contributed by atoms with Crippen molar-refractivity contribution in [3.63, 3.8) is 0 Å². The number of carbonyl (C=O) groups excluding carboxylic acids is 2. The molecule has 1 atom stereocenters. The van der Waals surface area contributed by atoms with Crippen LogP contribution in [0.4, 0.5) is 4.79 Å². The zero-order chi connectivity index (χ0) is 8.72. The Morgan fingerprint density at radius 3 is 2.58 bits per heavy atom. The monoisotopic (exact) mass is 168 g/mol. The smallest absolute Gasteiger partial charge is 0.312 e. The van der Waals surface area contributed by atoms with Crippen molar-refractivity contribution < 1.29 is 9.59 Å². The van der Waals surface area contributed by atoms with Gasteiger partial charge >= 0.3 is 6.03 Å². The first-order chi connectivity index (χ1) is 5.68. The van der Waals surface area contributed by atoms with Crippen molar-refractivity contribution in [2.45, 2.75) is 25.8 Å². The molecule has 0 aromatic heterocycles. The molecule has 12 heavy (non-hydrogen) atoms. The highest BCUT2D eigenvalue weighted by molar-refractivity contribution is 6.02. The first-order valence-electron chi connectivity index (χ1n) is 4.29. The minimum Gasteiger partial charge on any atom is -0.312 e. The van der Waals surface area contributed by atoms with Gasteiger partial charge in [-0.25, -0.2) is 4.79 Å². The number of imide groups is 1. The molecule has 2 rings (SSSR count). The van der Waals surface area contributed by atoms with Crippen molar-refractivity contribution in [2.24, 2.45) is 5.92 Å². The number of amides is 3. The quantitative estimate of drug-likeness (QED) is 0.604. The third-order valence-corrected chi connectivity index (χ3v) is 2.62. The van der Waals surface area contributed by atoms with E-state index in [1.165, 1.54) is 12.8 Å². The van der Waals surface area contributed by atoms with Crippen LogP contribution < -0.4 is 5.32 Å². The summed E-state index contributed by atoms with van der Waals surface area (Å²) in [6.07, 6.45) is 2.39. The van der Waals surface area contributed by atoms with Gasteiger partial charge in [0.25, 0.3) is 0 Å². The molecule has 0 aromatic rings. The standard InChI is InChI=1S/C8H12N2O2/c1-5(6-2-3-6)10-4-7(11)9-8(10)12/h5-6H,2-4H2,1H3,(H,9,11,12). The zero-order valence-electron chi connectivity index (χ0n) is 7.04. The molecule has 1 saturated carbocycles. The van der Waals surface area contributed by atoms with Gasteiger partial charge in [-0.2, -0.15) is 0 Å². The molecular weight excluding hydrogens is 156 g/mol. The topological polar surface area (TPSA) is 49.4 Å². The summed E-state index contributed by atoms with van der Waals surface area (Å²) in [5.74, 6) is 0.453. The Labute approximate surface area is 70.9 Å². The van der Waals surface area contributed by atoms with Crippen molar-refractivity contribution in [1.82, 2.24) is 10.2 Å². The summed E-state index contributed by atoms with van der Waals surface area (Å²) >= 11 is 0. The average molecular weight is 168 g/mol.